The van der Waals surface area contributed by atoms with Crippen LogP contribution in [0.5, 0.6) is 0 Å². The molecule has 3 heteroatoms. The SMILES string of the molecule is CC(=O)Nc1cccc(Nc2ccc(C)cc2)c1. The van der Waals surface area contributed by atoms with Crippen LogP contribution in [0.1, 0.15) is 12.5 Å². The first-order valence-corrected chi connectivity index (χ1v) is 5.85. The lowest BCUT2D eigenvalue weighted by molar-refractivity contribution is -0.114. The monoisotopic (exact) mass is 240 g/mol. The molecule has 3 nitrogen and oxygen atoms in total. The van der Waals surface area contributed by atoms with E-state index >= 15 is 0 Å². The number of amides is 1. The van der Waals surface area contributed by atoms with Gasteiger partial charge < -0.3 is 10.6 Å². The summed E-state index contributed by atoms with van der Waals surface area (Å²) < 4.78 is 0. The highest BCUT2D eigenvalue weighted by molar-refractivity contribution is 5.89. The van der Waals surface area contributed by atoms with E-state index in [1.807, 2.05) is 36.4 Å². The van der Waals surface area contributed by atoms with E-state index in [1.54, 1.807) is 0 Å². The number of rotatable bonds is 3. The highest BCUT2D eigenvalue weighted by Crippen LogP contribution is 2.20. The van der Waals surface area contributed by atoms with Crippen molar-refractivity contribution in [1.82, 2.24) is 0 Å². The number of hydrogen-bond donors (Lipinski definition) is 2. The van der Waals surface area contributed by atoms with Crippen molar-refractivity contribution in [1.29, 1.82) is 0 Å². The normalized spacial score (nSPS) is 9.89. The fourth-order valence-electron chi connectivity index (χ4n) is 1.68. The summed E-state index contributed by atoms with van der Waals surface area (Å²) >= 11 is 0. The Hall–Kier alpha value is -2.29. The van der Waals surface area contributed by atoms with Crippen molar-refractivity contribution >= 4 is 23.0 Å². The molecule has 2 aromatic rings. The summed E-state index contributed by atoms with van der Waals surface area (Å²) in [6.07, 6.45) is 0. The molecular weight excluding hydrogens is 224 g/mol. The number of aryl methyl sites for hydroxylation is 1. The average molecular weight is 240 g/mol. The van der Waals surface area contributed by atoms with Gasteiger partial charge in [-0.25, -0.2) is 0 Å². The Morgan fingerprint density at radius 3 is 2.28 bits per heavy atom. The largest absolute Gasteiger partial charge is 0.355 e. The van der Waals surface area contributed by atoms with Gasteiger partial charge in [0, 0.05) is 24.0 Å². The summed E-state index contributed by atoms with van der Waals surface area (Å²) in [5.74, 6) is -0.0671. The van der Waals surface area contributed by atoms with Crippen molar-refractivity contribution in [3.8, 4) is 0 Å². The molecule has 0 atom stereocenters. The van der Waals surface area contributed by atoms with Crippen LogP contribution in [-0.2, 0) is 4.79 Å². The van der Waals surface area contributed by atoms with Crippen LogP contribution in [0.15, 0.2) is 48.5 Å². The van der Waals surface area contributed by atoms with Gasteiger partial charge in [-0.2, -0.15) is 0 Å². The second kappa shape index (κ2) is 5.36. The van der Waals surface area contributed by atoms with Crippen molar-refractivity contribution in [2.75, 3.05) is 10.6 Å². The summed E-state index contributed by atoms with van der Waals surface area (Å²) in [6.45, 7) is 3.56. The van der Waals surface area contributed by atoms with Gasteiger partial charge in [-0.15, -0.1) is 0 Å². The van der Waals surface area contributed by atoms with Gasteiger partial charge in [0.2, 0.25) is 5.91 Å². The van der Waals surface area contributed by atoms with E-state index in [2.05, 4.69) is 29.7 Å². The van der Waals surface area contributed by atoms with Gasteiger partial charge in [-0.05, 0) is 37.3 Å². The molecule has 2 rings (SSSR count). The molecule has 0 radical (unpaired) electrons. The minimum absolute atomic E-state index is 0.0671. The standard InChI is InChI=1S/C15H16N2O/c1-11-6-8-13(9-7-11)17-15-5-3-4-14(10-15)16-12(2)18/h3-10,17H,1-2H3,(H,16,18). The predicted molar refractivity (Wildman–Crippen MR) is 75.2 cm³/mol. The minimum atomic E-state index is -0.0671. The molecule has 1 amide bonds. The predicted octanol–water partition coefficient (Wildman–Crippen LogP) is 3.70. The Labute approximate surface area is 107 Å². The average Bonchev–Trinajstić information content (AvgIpc) is 2.32. The third kappa shape index (κ3) is 3.35. The number of anilines is 3. The fourth-order valence-corrected chi connectivity index (χ4v) is 1.68. The van der Waals surface area contributed by atoms with Crippen LogP contribution in [0, 0.1) is 6.92 Å². The Morgan fingerprint density at radius 1 is 0.944 bits per heavy atom. The quantitative estimate of drug-likeness (QED) is 0.859. The zero-order valence-electron chi connectivity index (χ0n) is 10.5. The zero-order valence-corrected chi connectivity index (χ0v) is 10.5. The Bertz CT molecular complexity index is 547. The first-order valence-electron chi connectivity index (χ1n) is 5.85. The molecule has 2 aromatic carbocycles. The fraction of sp³-hybridized carbons (Fsp3) is 0.133. The van der Waals surface area contributed by atoms with E-state index in [1.165, 1.54) is 12.5 Å². The molecule has 0 spiro atoms. The lowest BCUT2D eigenvalue weighted by Gasteiger charge is -2.09. The van der Waals surface area contributed by atoms with Crippen LogP contribution in [0.25, 0.3) is 0 Å². The van der Waals surface area contributed by atoms with E-state index < -0.39 is 0 Å². The van der Waals surface area contributed by atoms with E-state index in [9.17, 15) is 4.79 Å². The molecule has 0 unspecified atom stereocenters. The first-order chi connectivity index (χ1) is 8.63. The first kappa shape index (κ1) is 12.2. The third-order valence-corrected chi connectivity index (χ3v) is 2.52. The minimum Gasteiger partial charge on any atom is -0.355 e. The van der Waals surface area contributed by atoms with Gasteiger partial charge in [0.15, 0.2) is 0 Å². The van der Waals surface area contributed by atoms with Crippen molar-refractivity contribution in [2.45, 2.75) is 13.8 Å². The lowest BCUT2D eigenvalue weighted by atomic mass is 10.2. The Kier molecular flexibility index (Phi) is 3.63. The molecule has 18 heavy (non-hydrogen) atoms. The summed E-state index contributed by atoms with van der Waals surface area (Å²) in [5, 5.41) is 6.05. The molecule has 0 saturated carbocycles. The smallest absolute Gasteiger partial charge is 0.221 e. The van der Waals surface area contributed by atoms with Crippen LogP contribution >= 0.6 is 0 Å². The molecule has 0 aliphatic carbocycles. The maximum Gasteiger partial charge on any atom is 0.221 e. The number of nitrogens with one attached hydrogen (secondary N) is 2. The number of carbonyl (C=O) groups excluding carboxylic acids is 1. The van der Waals surface area contributed by atoms with Gasteiger partial charge in [0.05, 0.1) is 0 Å². The van der Waals surface area contributed by atoms with E-state index in [0.717, 1.165) is 17.1 Å². The van der Waals surface area contributed by atoms with Gasteiger partial charge in [-0.3, -0.25) is 4.79 Å². The van der Waals surface area contributed by atoms with Crippen LogP contribution in [0.4, 0.5) is 17.1 Å². The van der Waals surface area contributed by atoms with Crippen molar-refractivity contribution in [3.05, 3.63) is 54.1 Å². The molecule has 0 aliphatic heterocycles. The molecular formula is C15H16N2O. The highest BCUT2D eigenvalue weighted by atomic mass is 16.1. The maximum absolute atomic E-state index is 11.0. The van der Waals surface area contributed by atoms with Gasteiger partial charge in [0.25, 0.3) is 0 Å². The second-order valence-electron chi connectivity index (χ2n) is 4.25. The van der Waals surface area contributed by atoms with Gasteiger partial charge >= 0.3 is 0 Å². The molecule has 0 fully saturated rings. The zero-order chi connectivity index (χ0) is 13.0. The second-order valence-corrected chi connectivity index (χ2v) is 4.25. The van der Waals surface area contributed by atoms with Crippen LogP contribution in [-0.4, -0.2) is 5.91 Å². The van der Waals surface area contributed by atoms with Crippen LogP contribution in [0.2, 0.25) is 0 Å². The summed E-state index contributed by atoms with van der Waals surface area (Å²) in [4.78, 5) is 11.0. The lowest BCUT2D eigenvalue weighted by Crippen LogP contribution is -2.05. The van der Waals surface area contributed by atoms with Crippen molar-refractivity contribution < 1.29 is 4.79 Å². The molecule has 0 saturated heterocycles. The molecule has 92 valence electrons. The highest BCUT2D eigenvalue weighted by Gasteiger charge is 1.98. The molecule has 0 aromatic heterocycles. The Morgan fingerprint density at radius 2 is 1.61 bits per heavy atom. The van der Waals surface area contributed by atoms with Crippen LogP contribution < -0.4 is 10.6 Å². The van der Waals surface area contributed by atoms with Gasteiger partial charge in [-0.1, -0.05) is 23.8 Å². The van der Waals surface area contributed by atoms with Crippen molar-refractivity contribution in [2.24, 2.45) is 0 Å². The molecule has 0 heterocycles. The molecule has 2 N–H and O–H groups in total. The van der Waals surface area contributed by atoms with E-state index in [0.29, 0.717) is 0 Å². The summed E-state index contributed by atoms with van der Waals surface area (Å²) in [7, 11) is 0. The Balaban J connectivity index is 2.13. The topological polar surface area (TPSA) is 41.1 Å². The van der Waals surface area contributed by atoms with Gasteiger partial charge in [0.1, 0.15) is 0 Å². The third-order valence-electron chi connectivity index (χ3n) is 2.52. The maximum atomic E-state index is 11.0. The summed E-state index contributed by atoms with van der Waals surface area (Å²) in [6, 6.07) is 15.8. The van der Waals surface area contributed by atoms with Crippen LogP contribution in [0.3, 0.4) is 0 Å². The number of hydrogen-bond acceptors (Lipinski definition) is 2. The number of carbonyl (C=O) groups is 1. The van der Waals surface area contributed by atoms with Crippen molar-refractivity contribution in [3.63, 3.8) is 0 Å². The number of benzene rings is 2. The summed E-state index contributed by atoms with van der Waals surface area (Å²) in [5.41, 5.74) is 4.00. The van der Waals surface area contributed by atoms with E-state index in [4.69, 9.17) is 0 Å². The molecule has 0 bridgehead atoms. The van der Waals surface area contributed by atoms with E-state index in [-0.39, 0.29) is 5.91 Å². The molecule has 0 aliphatic rings.